The molecule has 0 fully saturated rings. The Bertz CT molecular complexity index is 363. The first-order chi connectivity index (χ1) is 8.20. The van der Waals surface area contributed by atoms with Gasteiger partial charge in [0, 0.05) is 11.9 Å². The molecule has 0 aliphatic heterocycles. The van der Waals surface area contributed by atoms with Crippen molar-refractivity contribution in [1.82, 2.24) is 15.3 Å². The van der Waals surface area contributed by atoms with Gasteiger partial charge >= 0.3 is 0 Å². The Hall–Kier alpha value is -1.12. The molecule has 0 spiro atoms. The van der Waals surface area contributed by atoms with Crippen LogP contribution in [0.3, 0.4) is 0 Å². The van der Waals surface area contributed by atoms with Gasteiger partial charge in [-0.25, -0.2) is 9.97 Å². The Balaban J connectivity index is 2.36. The minimum absolute atomic E-state index is 0.434. The second-order valence-electron chi connectivity index (χ2n) is 4.02. The highest BCUT2D eigenvalue weighted by Crippen LogP contribution is 2.19. The third kappa shape index (κ3) is 5.16. The fraction of sp³-hybridized carbons (Fsp3) is 0.583. The van der Waals surface area contributed by atoms with E-state index in [1.807, 2.05) is 13.0 Å². The van der Waals surface area contributed by atoms with Crippen LogP contribution in [0.15, 0.2) is 23.6 Å². The Morgan fingerprint density at radius 1 is 1.59 bits per heavy atom. The molecule has 0 aromatic carbocycles. The maximum absolute atomic E-state index is 9.16. The van der Waals surface area contributed by atoms with Gasteiger partial charge in [0.2, 0.25) is 0 Å². The molecule has 92 valence electrons. The van der Waals surface area contributed by atoms with Crippen LogP contribution in [0.4, 0.5) is 0 Å². The normalized spacial score (nSPS) is 13.9. The molecule has 17 heavy (non-hydrogen) atoms. The van der Waals surface area contributed by atoms with Crippen molar-refractivity contribution in [2.45, 2.75) is 37.3 Å². The summed E-state index contributed by atoms with van der Waals surface area (Å²) in [4.78, 5) is 8.00. The number of hydrogen-bond donors (Lipinski definition) is 1. The lowest BCUT2D eigenvalue weighted by atomic mass is 10.0. The zero-order chi connectivity index (χ0) is 12.6. The van der Waals surface area contributed by atoms with Crippen LogP contribution in [0, 0.1) is 11.3 Å². The molecule has 0 bridgehead atoms. The average molecular weight is 250 g/mol. The van der Waals surface area contributed by atoms with Crippen molar-refractivity contribution in [3.8, 4) is 6.07 Å². The SMILES string of the molecule is CCCNC(C)(C#N)CCSc1ccncn1. The summed E-state index contributed by atoms with van der Waals surface area (Å²) in [6, 6.07) is 4.23. The summed E-state index contributed by atoms with van der Waals surface area (Å²) in [5.74, 6) is 0.873. The molecule has 0 radical (unpaired) electrons. The van der Waals surface area contributed by atoms with E-state index in [2.05, 4.69) is 28.3 Å². The van der Waals surface area contributed by atoms with Crippen LogP contribution in [-0.4, -0.2) is 27.8 Å². The van der Waals surface area contributed by atoms with Gasteiger partial charge in [-0.1, -0.05) is 6.92 Å². The van der Waals surface area contributed by atoms with Crippen LogP contribution in [0.2, 0.25) is 0 Å². The van der Waals surface area contributed by atoms with E-state index < -0.39 is 5.54 Å². The predicted octanol–water partition coefficient (Wildman–Crippen LogP) is 2.24. The lowest BCUT2D eigenvalue weighted by Crippen LogP contribution is -2.41. The zero-order valence-corrected chi connectivity index (χ0v) is 11.1. The maximum Gasteiger partial charge on any atom is 0.116 e. The van der Waals surface area contributed by atoms with Crippen molar-refractivity contribution in [1.29, 1.82) is 5.26 Å². The summed E-state index contributed by atoms with van der Waals surface area (Å²) >= 11 is 1.65. The summed E-state index contributed by atoms with van der Waals surface area (Å²) in [5.41, 5.74) is -0.434. The molecule has 1 unspecified atom stereocenters. The van der Waals surface area contributed by atoms with Gasteiger partial charge in [0.25, 0.3) is 0 Å². The minimum atomic E-state index is -0.434. The predicted molar refractivity (Wildman–Crippen MR) is 69.7 cm³/mol. The molecule has 1 heterocycles. The molecule has 1 aromatic rings. The van der Waals surface area contributed by atoms with E-state index in [9.17, 15) is 0 Å². The molecule has 5 heteroatoms. The summed E-state index contributed by atoms with van der Waals surface area (Å²) in [6.45, 7) is 4.92. The van der Waals surface area contributed by atoms with Crippen molar-refractivity contribution >= 4 is 11.8 Å². The smallest absolute Gasteiger partial charge is 0.116 e. The van der Waals surface area contributed by atoms with E-state index in [0.717, 1.165) is 30.2 Å². The van der Waals surface area contributed by atoms with Gasteiger partial charge in [-0.05, 0) is 32.4 Å². The van der Waals surface area contributed by atoms with E-state index in [1.54, 1.807) is 24.3 Å². The summed E-state index contributed by atoms with van der Waals surface area (Å²) < 4.78 is 0. The number of nitriles is 1. The van der Waals surface area contributed by atoms with Crippen LogP contribution in [0.1, 0.15) is 26.7 Å². The second-order valence-corrected chi connectivity index (χ2v) is 5.13. The maximum atomic E-state index is 9.16. The van der Waals surface area contributed by atoms with Gasteiger partial charge in [0.05, 0.1) is 11.1 Å². The van der Waals surface area contributed by atoms with Crippen molar-refractivity contribution < 1.29 is 0 Å². The average Bonchev–Trinajstić information content (AvgIpc) is 2.38. The van der Waals surface area contributed by atoms with Crippen LogP contribution in [0.25, 0.3) is 0 Å². The highest BCUT2D eigenvalue weighted by atomic mass is 32.2. The lowest BCUT2D eigenvalue weighted by Gasteiger charge is -2.22. The second kappa shape index (κ2) is 7.25. The van der Waals surface area contributed by atoms with Crippen LogP contribution >= 0.6 is 11.8 Å². The molecular weight excluding hydrogens is 232 g/mol. The van der Waals surface area contributed by atoms with Gasteiger partial charge in [-0.15, -0.1) is 11.8 Å². The van der Waals surface area contributed by atoms with Gasteiger partial charge in [-0.3, -0.25) is 5.32 Å². The van der Waals surface area contributed by atoms with E-state index in [-0.39, 0.29) is 0 Å². The molecular formula is C12H18N4S. The van der Waals surface area contributed by atoms with Gasteiger partial charge in [0.1, 0.15) is 11.9 Å². The first-order valence-corrected chi connectivity index (χ1v) is 6.74. The zero-order valence-electron chi connectivity index (χ0n) is 10.3. The molecule has 4 nitrogen and oxygen atoms in total. The molecule has 0 amide bonds. The van der Waals surface area contributed by atoms with Crippen LogP contribution in [-0.2, 0) is 0 Å². The first-order valence-electron chi connectivity index (χ1n) is 5.75. The topological polar surface area (TPSA) is 61.6 Å². The van der Waals surface area contributed by atoms with Crippen molar-refractivity contribution in [3.05, 3.63) is 18.6 Å². The van der Waals surface area contributed by atoms with E-state index in [0.29, 0.717) is 0 Å². The molecule has 0 aliphatic rings. The van der Waals surface area contributed by atoms with E-state index in [4.69, 9.17) is 5.26 Å². The first kappa shape index (κ1) is 13.9. The number of rotatable bonds is 7. The quantitative estimate of drug-likeness (QED) is 0.594. The van der Waals surface area contributed by atoms with E-state index in [1.165, 1.54) is 0 Å². The molecule has 0 saturated carbocycles. The van der Waals surface area contributed by atoms with Crippen molar-refractivity contribution in [2.24, 2.45) is 0 Å². The minimum Gasteiger partial charge on any atom is -0.300 e. The molecule has 0 saturated heterocycles. The van der Waals surface area contributed by atoms with Gasteiger partial charge < -0.3 is 0 Å². The summed E-state index contributed by atoms with van der Waals surface area (Å²) in [6.07, 6.45) is 5.11. The van der Waals surface area contributed by atoms with Crippen molar-refractivity contribution in [2.75, 3.05) is 12.3 Å². The Kier molecular flexibility index (Phi) is 5.95. The highest BCUT2D eigenvalue weighted by Gasteiger charge is 2.21. The third-order valence-electron chi connectivity index (χ3n) is 2.42. The Morgan fingerprint density at radius 3 is 3.00 bits per heavy atom. The monoisotopic (exact) mass is 250 g/mol. The lowest BCUT2D eigenvalue weighted by molar-refractivity contribution is 0.437. The van der Waals surface area contributed by atoms with E-state index >= 15 is 0 Å². The largest absolute Gasteiger partial charge is 0.300 e. The number of thioether (sulfide) groups is 1. The van der Waals surface area contributed by atoms with Crippen LogP contribution in [0.5, 0.6) is 0 Å². The van der Waals surface area contributed by atoms with Gasteiger partial charge in [-0.2, -0.15) is 5.26 Å². The summed E-state index contributed by atoms with van der Waals surface area (Å²) in [5, 5.41) is 13.4. The number of nitrogens with one attached hydrogen (secondary N) is 1. The fourth-order valence-corrected chi connectivity index (χ4v) is 2.31. The standard InChI is InChI=1S/C12H18N4S/c1-3-6-16-12(2,9-13)5-8-17-11-4-7-14-10-15-11/h4,7,10,16H,3,5-6,8H2,1-2H3. The third-order valence-corrected chi connectivity index (χ3v) is 3.36. The van der Waals surface area contributed by atoms with Crippen LogP contribution < -0.4 is 5.32 Å². The Labute approximate surface area is 107 Å². The highest BCUT2D eigenvalue weighted by molar-refractivity contribution is 7.99. The molecule has 1 atom stereocenters. The molecule has 1 aromatic heterocycles. The number of aromatic nitrogens is 2. The molecule has 1 rings (SSSR count). The number of hydrogen-bond acceptors (Lipinski definition) is 5. The fourth-order valence-electron chi connectivity index (χ4n) is 1.31. The summed E-state index contributed by atoms with van der Waals surface area (Å²) in [7, 11) is 0. The molecule has 0 aliphatic carbocycles. The number of nitrogens with zero attached hydrogens (tertiary/aromatic N) is 3. The Morgan fingerprint density at radius 2 is 2.41 bits per heavy atom. The molecule has 1 N–H and O–H groups in total. The van der Waals surface area contributed by atoms with Gasteiger partial charge in [0.15, 0.2) is 0 Å². The van der Waals surface area contributed by atoms with Crippen molar-refractivity contribution in [3.63, 3.8) is 0 Å².